The predicted octanol–water partition coefficient (Wildman–Crippen LogP) is 2.95. The lowest BCUT2D eigenvalue weighted by Gasteiger charge is -2.38. The van der Waals surface area contributed by atoms with E-state index in [9.17, 15) is 14.7 Å². The molecule has 1 aromatic heterocycles. The maximum Gasteiger partial charge on any atom is 0.317 e. The first-order valence-electron chi connectivity index (χ1n) is 10.3. The van der Waals surface area contributed by atoms with Crippen molar-refractivity contribution in [1.29, 1.82) is 0 Å². The number of fused-ring (bicyclic) bond motifs is 1. The molecule has 9 heteroatoms. The lowest BCUT2D eigenvalue weighted by molar-refractivity contribution is -0.143. The van der Waals surface area contributed by atoms with Gasteiger partial charge in [-0.2, -0.15) is 0 Å². The van der Waals surface area contributed by atoms with E-state index in [4.69, 9.17) is 17.3 Å². The van der Waals surface area contributed by atoms with E-state index >= 15 is 0 Å². The number of nitrogen functional groups attached to an aromatic ring is 1. The van der Waals surface area contributed by atoms with Crippen LogP contribution in [0.25, 0.3) is 10.9 Å². The number of anilines is 2. The van der Waals surface area contributed by atoms with Gasteiger partial charge < -0.3 is 26.0 Å². The largest absolute Gasteiger partial charge is 0.481 e. The number of urea groups is 1. The minimum Gasteiger partial charge on any atom is -0.481 e. The fraction of sp³-hybridized carbons (Fsp3) is 0.476. The molecule has 2 amide bonds. The summed E-state index contributed by atoms with van der Waals surface area (Å²) in [5, 5.41) is 14.0. The third kappa shape index (κ3) is 4.23. The van der Waals surface area contributed by atoms with Crippen molar-refractivity contribution in [3.8, 4) is 0 Å². The maximum absolute atomic E-state index is 12.7. The number of pyridine rings is 1. The Morgan fingerprint density at radius 1 is 1.13 bits per heavy atom. The summed E-state index contributed by atoms with van der Waals surface area (Å²) in [5.41, 5.74) is 7.72. The van der Waals surface area contributed by atoms with Gasteiger partial charge in [0, 0.05) is 54.4 Å². The number of nitrogens with one attached hydrogen (secondary N) is 1. The van der Waals surface area contributed by atoms with E-state index in [1.807, 2.05) is 18.2 Å². The van der Waals surface area contributed by atoms with Crippen molar-refractivity contribution in [2.24, 2.45) is 5.92 Å². The third-order valence-corrected chi connectivity index (χ3v) is 6.30. The van der Waals surface area contributed by atoms with E-state index in [-0.39, 0.29) is 12.1 Å². The van der Waals surface area contributed by atoms with Crippen LogP contribution in [0.2, 0.25) is 5.02 Å². The molecule has 2 heterocycles. The van der Waals surface area contributed by atoms with Crippen LogP contribution in [0.5, 0.6) is 0 Å². The van der Waals surface area contributed by atoms with Crippen molar-refractivity contribution in [1.82, 2.24) is 15.2 Å². The molecule has 30 heavy (non-hydrogen) atoms. The van der Waals surface area contributed by atoms with Crippen molar-refractivity contribution in [2.45, 2.75) is 31.7 Å². The van der Waals surface area contributed by atoms with Gasteiger partial charge in [-0.3, -0.25) is 4.79 Å². The number of carboxylic acid groups (broad SMARTS) is 1. The molecule has 2 unspecified atom stereocenters. The van der Waals surface area contributed by atoms with Gasteiger partial charge in [0.2, 0.25) is 0 Å². The van der Waals surface area contributed by atoms with Crippen LogP contribution < -0.4 is 16.0 Å². The highest BCUT2D eigenvalue weighted by Gasteiger charge is 2.33. The highest BCUT2D eigenvalue weighted by molar-refractivity contribution is 6.31. The number of benzene rings is 1. The zero-order chi connectivity index (χ0) is 21.3. The zero-order valence-electron chi connectivity index (χ0n) is 16.7. The molecule has 4 rings (SSSR count). The lowest BCUT2D eigenvalue weighted by atomic mass is 9.84. The van der Waals surface area contributed by atoms with E-state index in [0.717, 1.165) is 29.4 Å². The van der Waals surface area contributed by atoms with Crippen LogP contribution in [-0.2, 0) is 4.79 Å². The van der Waals surface area contributed by atoms with Crippen LogP contribution in [0, 0.1) is 5.92 Å². The highest BCUT2D eigenvalue weighted by atomic mass is 35.5. The van der Waals surface area contributed by atoms with Crippen LogP contribution in [0.3, 0.4) is 0 Å². The number of aromatic nitrogens is 1. The molecule has 1 aliphatic carbocycles. The second kappa shape index (κ2) is 8.55. The average Bonchev–Trinajstić information content (AvgIpc) is 2.73. The number of carboxylic acids is 1. The summed E-state index contributed by atoms with van der Waals surface area (Å²) in [4.78, 5) is 32.5. The topological polar surface area (TPSA) is 112 Å². The van der Waals surface area contributed by atoms with Crippen LogP contribution in [-0.4, -0.2) is 59.2 Å². The number of aliphatic carboxylic acids is 1. The van der Waals surface area contributed by atoms with Crippen molar-refractivity contribution >= 4 is 46.0 Å². The fourth-order valence-electron chi connectivity index (χ4n) is 4.46. The number of rotatable bonds is 3. The van der Waals surface area contributed by atoms with E-state index in [0.29, 0.717) is 49.9 Å². The number of halogens is 1. The second-order valence-electron chi connectivity index (χ2n) is 7.99. The molecule has 160 valence electrons. The molecule has 0 bridgehead atoms. The Balaban J connectivity index is 1.42. The number of carbonyl (C=O) groups excluding carboxylic acids is 1. The monoisotopic (exact) mass is 431 g/mol. The van der Waals surface area contributed by atoms with Crippen molar-refractivity contribution in [3.63, 3.8) is 0 Å². The molecule has 1 saturated heterocycles. The summed E-state index contributed by atoms with van der Waals surface area (Å²) in [6, 6.07) is 6.94. The number of hydrogen-bond acceptors (Lipinski definition) is 5. The minimum absolute atomic E-state index is 0.182. The van der Waals surface area contributed by atoms with Gasteiger partial charge in [0.1, 0.15) is 5.82 Å². The summed E-state index contributed by atoms with van der Waals surface area (Å²) in [6.07, 6.45) is 3.18. The zero-order valence-corrected chi connectivity index (χ0v) is 17.4. The van der Waals surface area contributed by atoms with Crippen LogP contribution in [0.1, 0.15) is 25.7 Å². The Kier molecular flexibility index (Phi) is 5.85. The molecule has 1 aromatic carbocycles. The maximum atomic E-state index is 12.7. The van der Waals surface area contributed by atoms with E-state index in [2.05, 4.69) is 15.2 Å². The van der Waals surface area contributed by atoms with Crippen molar-refractivity contribution in [3.05, 3.63) is 29.3 Å². The quantitative estimate of drug-likeness (QED) is 0.688. The number of hydrogen-bond donors (Lipinski definition) is 3. The standard InChI is InChI=1S/C21H26ClN5O3/c22-13-5-6-14-17(11-13)24-19(23)12-18(14)26-7-9-27(10-8-26)21(30)25-16-4-2-1-3-15(16)20(28)29/h5-6,11-12,15-16H,1-4,7-10H2,(H2,23,24)(H,25,30)(H,28,29). The van der Waals surface area contributed by atoms with Gasteiger partial charge in [-0.1, -0.05) is 24.4 Å². The Labute approximate surface area is 180 Å². The smallest absolute Gasteiger partial charge is 0.317 e. The summed E-state index contributed by atoms with van der Waals surface area (Å²) in [5.74, 6) is -0.897. The normalized spacial score (nSPS) is 22.2. The van der Waals surface area contributed by atoms with Gasteiger partial charge in [-0.15, -0.1) is 0 Å². The third-order valence-electron chi connectivity index (χ3n) is 6.07. The van der Waals surface area contributed by atoms with Gasteiger partial charge in [-0.05, 0) is 31.0 Å². The molecule has 0 spiro atoms. The van der Waals surface area contributed by atoms with Gasteiger partial charge in [-0.25, -0.2) is 9.78 Å². The Bertz CT molecular complexity index is 956. The van der Waals surface area contributed by atoms with Crippen LogP contribution >= 0.6 is 11.6 Å². The molecule has 2 atom stereocenters. The number of amides is 2. The predicted molar refractivity (Wildman–Crippen MR) is 117 cm³/mol. The van der Waals surface area contributed by atoms with Crippen LogP contribution in [0.15, 0.2) is 24.3 Å². The van der Waals surface area contributed by atoms with Crippen LogP contribution in [0.4, 0.5) is 16.3 Å². The molecular weight excluding hydrogens is 406 g/mol. The summed E-state index contributed by atoms with van der Waals surface area (Å²) in [6.45, 7) is 2.41. The molecule has 1 aliphatic heterocycles. The van der Waals surface area contributed by atoms with Gasteiger partial charge in [0.25, 0.3) is 0 Å². The highest BCUT2D eigenvalue weighted by Crippen LogP contribution is 2.30. The summed E-state index contributed by atoms with van der Waals surface area (Å²) in [7, 11) is 0. The molecular formula is C21H26ClN5O3. The van der Waals surface area contributed by atoms with Crippen molar-refractivity contribution < 1.29 is 14.7 Å². The first-order chi connectivity index (χ1) is 14.4. The molecule has 4 N–H and O–H groups in total. The van der Waals surface area contributed by atoms with Gasteiger partial charge in [0.05, 0.1) is 11.4 Å². The first-order valence-corrected chi connectivity index (χ1v) is 10.7. The fourth-order valence-corrected chi connectivity index (χ4v) is 4.63. The molecule has 8 nitrogen and oxygen atoms in total. The number of nitrogens with zero attached hydrogens (tertiary/aromatic N) is 3. The van der Waals surface area contributed by atoms with E-state index in [1.165, 1.54) is 0 Å². The van der Waals surface area contributed by atoms with Gasteiger partial charge in [0.15, 0.2) is 0 Å². The number of carbonyl (C=O) groups is 2. The molecule has 2 aromatic rings. The Morgan fingerprint density at radius 3 is 2.60 bits per heavy atom. The number of nitrogens with two attached hydrogens (primary N) is 1. The molecule has 2 fully saturated rings. The Morgan fingerprint density at radius 2 is 1.87 bits per heavy atom. The van der Waals surface area contributed by atoms with E-state index < -0.39 is 11.9 Å². The van der Waals surface area contributed by atoms with Crippen molar-refractivity contribution in [2.75, 3.05) is 36.8 Å². The molecule has 2 aliphatic rings. The first kappa shape index (κ1) is 20.5. The summed E-state index contributed by atoms with van der Waals surface area (Å²) >= 11 is 6.09. The molecule has 1 saturated carbocycles. The Hall–Kier alpha value is -2.74. The summed E-state index contributed by atoms with van der Waals surface area (Å²) < 4.78 is 0. The second-order valence-corrected chi connectivity index (χ2v) is 8.42. The average molecular weight is 432 g/mol. The van der Waals surface area contributed by atoms with E-state index in [1.54, 1.807) is 11.0 Å². The SMILES string of the molecule is Nc1cc(N2CCN(C(=O)NC3CCCCC3C(=O)O)CC2)c2ccc(Cl)cc2n1. The van der Waals surface area contributed by atoms with Gasteiger partial charge >= 0.3 is 12.0 Å². The lowest BCUT2D eigenvalue weighted by Crippen LogP contribution is -2.55. The minimum atomic E-state index is -0.827. The molecule has 0 radical (unpaired) electrons. The number of piperazine rings is 1.